The van der Waals surface area contributed by atoms with Crippen molar-refractivity contribution in [2.24, 2.45) is 10.4 Å². The molecule has 0 saturated carbocycles. The Morgan fingerprint density at radius 2 is 2.11 bits per heavy atom. The van der Waals surface area contributed by atoms with Crippen LogP contribution in [0.2, 0.25) is 0 Å². The van der Waals surface area contributed by atoms with Gasteiger partial charge in [-0.05, 0) is 37.5 Å². The third-order valence-electron chi connectivity index (χ3n) is 5.23. The van der Waals surface area contributed by atoms with Crippen molar-refractivity contribution in [3.05, 3.63) is 35.6 Å². The molecular weight excluding hydrogens is 347 g/mol. The van der Waals surface area contributed by atoms with Crippen LogP contribution in [0.3, 0.4) is 0 Å². The molecule has 0 radical (unpaired) electrons. The van der Waals surface area contributed by atoms with Crippen molar-refractivity contribution in [3.8, 4) is 0 Å². The van der Waals surface area contributed by atoms with E-state index in [0.717, 1.165) is 57.2 Å². The van der Waals surface area contributed by atoms with Gasteiger partial charge in [0.25, 0.3) is 0 Å². The fraction of sp³-hybridized carbons (Fsp3) is 0.600. The molecule has 1 aromatic rings. The quantitative estimate of drug-likeness (QED) is 0.449. The fourth-order valence-electron chi connectivity index (χ4n) is 3.72. The van der Waals surface area contributed by atoms with Crippen LogP contribution in [0, 0.1) is 11.2 Å². The zero-order chi connectivity index (χ0) is 19.1. The fourth-order valence-corrected chi connectivity index (χ4v) is 3.72. The van der Waals surface area contributed by atoms with Crippen molar-refractivity contribution in [1.82, 2.24) is 15.5 Å². The molecule has 3 rings (SSSR count). The predicted octanol–water partition coefficient (Wildman–Crippen LogP) is 1.56. The van der Waals surface area contributed by atoms with Gasteiger partial charge in [-0.15, -0.1) is 0 Å². The largest absolute Gasteiger partial charge is 0.381 e. The molecule has 1 atom stereocenters. The van der Waals surface area contributed by atoms with Crippen LogP contribution in [-0.2, 0) is 16.0 Å². The van der Waals surface area contributed by atoms with Crippen molar-refractivity contribution < 1.29 is 13.9 Å². The van der Waals surface area contributed by atoms with Crippen LogP contribution in [0.15, 0.2) is 29.3 Å². The minimum Gasteiger partial charge on any atom is -0.381 e. The third-order valence-corrected chi connectivity index (χ3v) is 5.23. The van der Waals surface area contributed by atoms with Crippen molar-refractivity contribution in [2.75, 3.05) is 45.9 Å². The van der Waals surface area contributed by atoms with Crippen molar-refractivity contribution in [2.45, 2.75) is 26.2 Å². The predicted molar refractivity (Wildman–Crippen MR) is 103 cm³/mol. The first-order valence-corrected chi connectivity index (χ1v) is 9.72. The Labute approximate surface area is 160 Å². The van der Waals surface area contributed by atoms with Crippen LogP contribution in [-0.4, -0.2) is 62.7 Å². The van der Waals surface area contributed by atoms with Gasteiger partial charge in [-0.25, -0.2) is 4.39 Å². The maximum atomic E-state index is 12.9. The van der Waals surface area contributed by atoms with E-state index in [2.05, 4.69) is 27.4 Å². The van der Waals surface area contributed by atoms with E-state index in [0.29, 0.717) is 18.5 Å². The number of amides is 1. The highest BCUT2D eigenvalue weighted by Crippen LogP contribution is 2.38. The summed E-state index contributed by atoms with van der Waals surface area (Å²) in [6, 6.07) is 6.00. The molecule has 2 saturated heterocycles. The summed E-state index contributed by atoms with van der Waals surface area (Å²) in [5.74, 6) is 0.538. The average Bonchev–Trinajstić information content (AvgIpc) is 3.30. The molecule has 2 heterocycles. The Hall–Kier alpha value is -2.15. The zero-order valence-electron chi connectivity index (χ0n) is 16.0. The number of benzene rings is 1. The summed E-state index contributed by atoms with van der Waals surface area (Å²) in [7, 11) is 0. The molecule has 2 aliphatic rings. The van der Waals surface area contributed by atoms with Crippen molar-refractivity contribution >= 4 is 11.9 Å². The molecule has 7 heteroatoms. The summed E-state index contributed by atoms with van der Waals surface area (Å²) in [4.78, 5) is 19.0. The number of carbonyl (C=O) groups excluding carboxylic acids is 1. The second-order valence-electron chi connectivity index (χ2n) is 7.36. The normalized spacial score (nSPS) is 22.4. The summed E-state index contributed by atoms with van der Waals surface area (Å²) >= 11 is 0. The van der Waals surface area contributed by atoms with Crippen LogP contribution in [0.4, 0.5) is 4.39 Å². The second-order valence-corrected chi connectivity index (χ2v) is 7.36. The smallest absolute Gasteiger partial charge is 0.224 e. The number of ether oxygens (including phenoxy) is 1. The summed E-state index contributed by atoms with van der Waals surface area (Å²) < 4.78 is 18.5. The zero-order valence-corrected chi connectivity index (χ0v) is 16.0. The Morgan fingerprint density at radius 1 is 1.30 bits per heavy atom. The van der Waals surface area contributed by atoms with Gasteiger partial charge >= 0.3 is 0 Å². The second kappa shape index (κ2) is 9.17. The molecule has 1 amide bonds. The first-order valence-electron chi connectivity index (χ1n) is 9.72. The lowest BCUT2D eigenvalue weighted by atomic mass is 9.87. The van der Waals surface area contributed by atoms with E-state index in [1.54, 1.807) is 12.1 Å². The van der Waals surface area contributed by atoms with E-state index >= 15 is 0 Å². The number of hydrogen-bond acceptors (Lipinski definition) is 3. The number of guanidine groups is 1. The van der Waals surface area contributed by atoms with E-state index in [1.165, 1.54) is 12.1 Å². The average molecular weight is 376 g/mol. The first-order chi connectivity index (χ1) is 13.1. The van der Waals surface area contributed by atoms with Gasteiger partial charge in [0.2, 0.25) is 5.91 Å². The minimum atomic E-state index is -0.294. The van der Waals surface area contributed by atoms with Gasteiger partial charge in [0.15, 0.2) is 5.96 Å². The van der Waals surface area contributed by atoms with E-state index < -0.39 is 0 Å². The molecular formula is C20H29FN4O2. The van der Waals surface area contributed by atoms with Gasteiger partial charge in [0.1, 0.15) is 5.82 Å². The highest BCUT2D eigenvalue weighted by atomic mass is 19.1. The maximum Gasteiger partial charge on any atom is 0.224 e. The van der Waals surface area contributed by atoms with E-state index in [-0.39, 0.29) is 18.1 Å². The molecule has 1 aromatic carbocycles. The van der Waals surface area contributed by atoms with E-state index in [1.807, 2.05) is 0 Å². The maximum absolute atomic E-state index is 12.9. The molecule has 0 aliphatic carbocycles. The molecule has 2 fully saturated rings. The van der Waals surface area contributed by atoms with Crippen LogP contribution in [0.5, 0.6) is 0 Å². The lowest BCUT2D eigenvalue weighted by Crippen LogP contribution is -2.42. The molecule has 27 heavy (non-hydrogen) atoms. The van der Waals surface area contributed by atoms with Crippen LogP contribution in [0.1, 0.15) is 25.3 Å². The number of aliphatic imine (C=N–C) groups is 1. The lowest BCUT2D eigenvalue weighted by molar-refractivity contribution is -0.120. The molecule has 0 aromatic heterocycles. The molecule has 148 valence electrons. The lowest BCUT2D eigenvalue weighted by Gasteiger charge is -2.25. The third kappa shape index (κ3) is 5.42. The van der Waals surface area contributed by atoms with Gasteiger partial charge in [-0.1, -0.05) is 12.1 Å². The monoisotopic (exact) mass is 376 g/mol. The summed E-state index contributed by atoms with van der Waals surface area (Å²) in [6.07, 6.45) is 2.52. The number of carbonyl (C=O) groups is 1. The Balaban J connectivity index is 1.44. The first kappa shape index (κ1) is 19.6. The molecule has 6 nitrogen and oxygen atoms in total. The highest BCUT2D eigenvalue weighted by molar-refractivity contribution is 5.80. The van der Waals surface area contributed by atoms with Crippen LogP contribution >= 0.6 is 0 Å². The van der Waals surface area contributed by atoms with Crippen molar-refractivity contribution in [3.63, 3.8) is 0 Å². The number of nitrogens with one attached hydrogen (secondary N) is 2. The summed E-state index contributed by atoms with van der Waals surface area (Å²) in [5, 5.41) is 6.23. The molecule has 0 bridgehead atoms. The Bertz CT molecular complexity index is 656. The van der Waals surface area contributed by atoms with Crippen molar-refractivity contribution in [1.29, 1.82) is 0 Å². The standard InChI is InChI=1S/C20H29FN4O2/c1-2-22-19(25-11-7-20(14-25)8-12-27-15-20)24-10-9-23-18(26)13-16-3-5-17(21)6-4-16/h3-6H,2,7-15H2,1H3,(H,22,24)(H,23,26). The molecule has 1 unspecified atom stereocenters. The molecule has 1 spiro atoms. The van der Waals surface area contributed by atoms with Gasteiger partial charge < -0.3 is 20.3 Å². The summed E-state index contributed by atoms with van der Waals surface area (Å²) in [6.45, 7) is 7.57. The topological polar surface area (TPSA) is 66.0 Å². The van der Waals surface area contributed by atoms with Crippen LogP contribution in [0.25, 0.3) is 0 Å². The minimum absolute atomic E-state index is 0.0787. The van der Waals surface area contributed by atoms with Gasteiger partial charge in [-0.3, -0.25) is 9.79 Å². The van der Waals surface area contributed by atoms with Gasteiger partial charge in [0, 0.05) is 38.2 Å². The SMILES string of the molecule is CCNC(=NCCNC(=O)Cc1ccc(F)cc1)N1CCC2(CCOC2)C1. The Kier molecular flexibility index (Phi) is 6.66. The van der Waals surface area contributed by atoms with E-state index in [4.69, 9.17) is 4.74 Å². The van der Waals surface area contributed by atoms with Gasteiger partial charge in [-0.2, -0.15) is 0 Å². The molecule has 2 N–H and O–H groups in total. The van der Waals surface area contributed by atoms with Gasteiger partial charge in [0.05, 0.1) is 19.6 Å². The number of hydrogen-bond donors (Lipinski definition) is 2. The number of nitrogens with zero attached hydrogens (tertiary/aromatic N) is 2. The van der Waals surface area contributed by atoms with E-state index in [9.17, 15) is 9.18 Å². The number of rotatable bonds is 6. The number of likely N-dealkylation sites (tertiary alicyclic amines) is 1. The molecule has 2 aliphatic heterocycles. The highest BCUT2D eigenvalue weighted by Gasteiger charge is 2.42. The summed E-state index contributed by atoms with van der Waals surface area (Å²) in [5.41, 5.74) is 1.09. The number of halogens is 1. The van der Waals surface area contributed by atoms with Crippen LogP contribution < -0.4 is 10.6 Å². The Morgan fingerprint density at radius 3 is 2.81 bits per heavy atom.